The van der Waals surface area contributed by atoms with Crippen molar-refractivity contribution in [2.45, 2.75) is 24.3 Å². The zero-order chi connectivity index (χ0) is 17.7. The Kier molecular flexibility index (Phi) is 6.08. The minimum atomic E-state index is -0.648. The van der Waals surface area contributed by atoms with E-state index in [2.05, 4.69) is 19.2 Å². The van der Waals surface area contributed by atoms with Gasteiger partial charge in [-0.25, -0.2) is 0 Å². The first kappa shape index (κ1) is 18.6. The van der Waals surface area contributed by atoms with Gasteiger partial charge in [0, 0.05) is 0 Å². The molecule has 2 rings (SSSR count). The Labute approximate surface area is 151 Å². The van der Waals surface area contributed by atoms with Gasteiger partial charge in [0.15, 0.2) is 0 Å². The van der Waals surface area contributed by atoms with Crippen molar-refractivity contribution in [1.29, 1.82) is 0 Å². The Bertz CT molecular complexity index is 714. The summed E-state index contributed by atoms with van der Waals surface area (Å²) in [5.74, 6) is 0. The second kappa shape index (κ2) is 7.86. The van der Waals surface area contributed by atoms with E-state index in [1.165, 1.54) is 0 Å². The van der Waals surface area contributed by atoms with E-state index in [9.17, 15) is 9.59 Å². The molecule has 0 radical (unpaired) electrons. The maximum Gasteiger partial charge on any atom is 0.216 e. The largest absolute Gasteiger partial charge is 0.282 e. The lowest BCUT2D eigenvalue weighted by atomic mass is 9.99. The Morgan fingerprint density at radius 1 is 1.00 bits per heavy atom. The van der Waals surface area contributed by atoms with Crippen LogP contribution in [0.25, 0.3) is 5.57 Å². The molecular weight excluding hydrogens is 336 g/mol. The van der Waals surface area contributed by atoms with Crippen molar-refractivity contribution in [3.63, 3.8) is 0 Å². The zero-order valence-corrected chi connectivity index (χ0v) is 15.5. The number of rotatable bonds is 5. The van der Waals surface area contributed by atoms with Crippen molar-refractivity contribution < 1.29 is 9.59 Å². The molecule has 1 aliphatic rings. The standard InChI is InChI=1S/C20H20O2S2/c1-14(2)18(21)23-20(24-19(22)15(3)4)12-10-17(11-13-20)16-8-6-5-7-9-16/h5-12H,1,3,13H2,2,4H3. The first-order valence-electron chi connectivity index (χ1n) is 7.55. The summed E-state index contributed by atoms with van der Waals surface area (Å²) >= 11 is 2.30. The van der Waals surface area contributed by atoms with Crippen molar-refractivity contribution >= 4 is 39.3 Å². The van der Waals surface area contributed by atoms with Crippen LogP contribution in [0.5, 0.6) is 0 Å². The molecule has 2 nitrogen and oxygen atoms in total. The van der Waals surface area contributed by atoms with Crippen LogP contribution in [-0.4, -0.2) is 14.3 Å². The van der Waals surface area contributed by atoms with Crippen LogP contribution in [0.4, 0.5) is 0 Å². The van der Waals surface area contributed by atoms with Gasteiger partial charge in [0.05, 0.1) is 4.08 Å². The fourth-order valence-corrected chi connectivity index (χ4v) is 4.31. The highest BCUT2D eigenvalue weighted by Crippen LogP contribution is 2.47. The monoisotopic (exact) mass is 356 g/mol. The van der Waals surface area contributed by atoms with Gasteiger partial charge in [0.25, 0.3) is 0 Å². The van der Waals surface area contributed by atoms with Crippen LogP contribution >= 0.6 is 23.5 Å². The number of carbonyl (C=O) groups is 2. The van der Waals surface area contributed by atoms with Gasteiger partial charge in [-0.15, -0.1) is 0 Å². The summed E-state index contributed by atoms with van der Waals surface area (Å²) < 4.78 is -0.648. The van der Waals surface area contributed by atoms with Gasteiger partial charge in [-0.05, 0) is 42.6 Å². The van der Waals surface area contributed by atoms with E-state index in [1.54, 1.807) is 13.8 Å². The lowest BCUT2D eigenvalue weighted by Crippen LogP contribution is -2.23. The number of benzene rings is 1. The molecule has 1 aliphatic carbocycles. The number of carbonyl (C=O) groups excluding carboxylic acids is 2. The summed E-state index contributed by atoms with van der Waals surface area (Å²) in [6.07, 6.45) is 6.59. The molecule has 0 fully saturated rings. The first-order valence-corrected chi connectivity index (χ1v) is 9.19. The van der Waals surface area contributed by atoms with Gasteiger partial charge >= 0.3 is 0 Å². The predicted octanol–water partition coefficient (Wildman–Crippen LogP) is 5.40. The molecule has 0 amide bonds. The molecule has 124 valence electrons. The molecular formula is C20H20O2S2. The van der Waals surface area contributed by atoms with Gasteiger partial charge in [-0.3, -0.25) is 9.59 Å². The van der Waals surface area contributed by atoms with E-state index in [-0.39, 0.29) is 10.2 Å². The Morgan fingerprint density at radius 3 is 1.96 bits per heavy atom. The molecule has 0 saturated carbocycles. The van der Waals surface area contributed by atoms with E-state index in [0.29, 0.717) is 17.6 Å². The number of hydrogen-bond donors (Lipinski definition) is 0. The third-order valence-corrected chi connectivity index (χ3v) is 6.32. The summed E-state index contributed by atoms with van der Waals surface area (Å²) in [6, 6.07) is 10.0. The predicted molar refractivity (Wildman–Crippen MR) is 106 cm³/mol. The SMILES string of the molecule is C=C(C)C(=O)SC1(SC(=O)C(=C)C)C=CC(c2ccccc2)=CC1. The summed E-state index contributed by atoms with van der Waals surface area (Å²) in [5.41, 5.74) is 3.18. The van der Waals surface area contributed by atoms with E-state index in [4.69, 9.17) is 0 Å². The van der Waals surface area contributed by atoms with E-state index in [1.807, 2.05) is 42.5 Å². The van der Waals surface area contributed by atoms with Crippen LogP contribution < -0.4 is 0 Å². The highest BCUT2D eigenvalue weighted by Gasteiger charge is 2.35. The fourth-order valence-electron chi connectivity index (χ4n) is 2.11. The first-order chi connectivity index (χ1) is 11.3. The van der Waals surface area contributed by atoms with Crippen molar-refractivity contribution in [2.24, 2.45) is 0 Å². The minimum Gasteiger partial charge on any atom is -0.282 e. The molecule has 0 aliphatic heterocycles. The Hall–Kier alpha value is -1.78. The van der Waals surface area contributed by atoms with Crippen LogP contribution in [0.15, 0.2) is 72.9 Å². The van der Waals surface area contributed by atoms with Gasteiger partial charge in [0.1, 0.15) is 0 Å². The lowest BCUT2D eigenvalue weighted by molar-refractivity contribution is -0.108. The lowest BCUT2D eigenvalue weighted by Gasteiger charge is -2.29. The van der Waals surface area contributed by atoms with Crippen LogP contribution in [0.2, 0.25) is 0 Å². The van der Waals surface area contributed by atoms with Crippen molar-refractivity contribution in [2.75, 3.05) is 0 Å². The molecule has 0 N–H and O–H groups in total. The summed E-state index contributed by atoms with van der Waals surface area (Å²) in [4.78, 5) is 24.4. The quantitative estimate of drug-likeness (QED) is 0.523. The third kappa shape index (κ3) is 4.62. The van der Waals surface area contributed by atoms with Crippen molar-refractivity contribution in [3.05, 3.63) is 78.4 Å². The average molecular weight is 357 g/mol. The molecule has 4 heteroatoms. The van der Waals surface area contributed by atoms with Crippen molar-refractivity contribution in [3.8, 4) is 0 Å². The molecule has 0 unspecified atom stereocenters. The third-order valence-electron chi connectivity index (χ3n) is 3.46. The smallest absolute Gasteiger partial charge is 0.216 e. The summed E-state index contributed by atoms with van der Waals surface area (Å²) in [7, 11) is 0. The minimum absolute atomic E-state index is 0.0989. The zero-order valence-electron chi connectivity index (χ0n) is 13.9. The summed E-state index contributed by atoms with van der Waals surface area (Å²) in [5, 5.41) is -0.198. The van der Waals surface area contributed by atoms with Gasteiger partial charge in [-0.2, -0.15) is 0 Å². The van der Waals surface area contributed by atoms with Gasteiger partial charge < -0.3 is 0 Å². The normalized spacial score (nSPS) is 15.5. The highest BCUT2D eigenvalue weighted by atomic mass is 32.2. The molecule has 0 saturated heterocycles. The van der Waals surface area contributed by atoms with Crippen LogP contribution in [0.1, 0.15) is 25.8 Å². The van der Waals surface area contributed by atoms with E-state index < -0.39 is 4.08 Å². The summed E-state index contributed by atoms with van der Waals surface area (Å²) in [6.45, 7) is 10.8. The van der Waals surface area contributed by atoms with E-state index in [0.717, 1.165) is 34.7 Å². The second-order valence-electron chi connectivity index (χ2n) is 5.71. The number of thioether (sulfide) groups is 2. The molecule has 0 bridgehead atoms. The topological polar surface area (TPSA) is 34.1 Å². The average Bonchev–Trinajstić information content (AvgIpc) is 2.56. The highest BCUT2D eigenvalue weighted by molar-refractivity contribution is 8.31. The fraction of sp³-hybridized carbons (Fsp3) is 0.200. The Balaban J connectivity index is 2.26. The van der Waals surface area contributed by atoms with Crippen LogP contribution in [-0.2, 0) is 9.59 Å². The Morgan fingerprint density at radius 2 is 1.54 bits per heavy atom. The molecule has 24 heavy (non-hydrogen) atoms. The van der Waals surface area contributed by atoms with Crippen molar-refractivity contribution in [1.82, 2.24) is 0 Å². The maximum absolute atomic E-state index is 12.2. The maximum atomic E-state index is 12.2. The number of allylic oxidation sites excluding steroid dienone is 3. The van der Waals surface area contributed by atoms with E-state index >= 15 is 0 Å². The molecule has 0 spiro atoms. The van der Waals surface area contributed by atoms with Gasteiger partial charge in [0.2, 0.25) is 10.2 Å². The van der Waals surface area contributed by atoms with Crippen LogP contribution in [0.3, 0.4) is 0 Å². The molecule has 1 aromatic rings. The van der Waals surface area contributed by atoms with Crippen LogP contribution in [0, 0.1) is 0 Å². The molecule has 0 atom stereocenters. The van der Waals surface area contributed by atoms with Gasteiger partial charge in [-0.1, -0.05) is 85.2 Å². The number of hydrogen-bond acceptors (Lipinski definition) is 4. The second-order valence-corrected chi connectivity index (χ2v) is 8.58. The molecule has 0 heterocycles. The molecule has 0 aromatic heterocycles. The molecule has 1 aromatic carbocycles.